The molecule has 2 aromatic carbocycles. The molecule has 0 saturated heterocycles. The van der Waals surface area contributed by atoms with Gasteiger partial charge in [0.05, 0.1) is 0 Å². The smallest absolute Gasteiger partial charge is 0.123 e. The molecule has 0 bridgehead atoms. The van der Waals surface area contributed by atoms with Gasteiger partial charge in [-0.3, -0.25) is 0 Å². The maximum Gasteiger partial charge on any atom is 0.123 e. The Morgan fingerprint density at radius 3 is 2.35 bits per heavy atom. The molecule has 2 rings (SSSR count). The van der Waals surface area contributed by atoms with E-state index in [1.807, 2.05) is 6.92 Å². The van der Waals surface area contributed by atoms with Gasteiger partial charge in [0, 0.05) is 24.0 Å². The Morgan fingerprint density at radius 1 is 1.15 bits per heavy atom. The van der Waals surface area contributed by atoms with Gasteiger partial charge in [0.2, 0.25) is 0 Å². The summed E-state index contributed by atoms with van der Waals surface area (Å²) in [6.45, 7) is 6.81. The van der Waals surface area contributed by atoms with Crippen molar-refractivity contribution in [1.82, 2.24) is 0 Å². The monoisotopic (exact) mass is 272 g/mol. The van der Waals surface area contributed by atoms with Crippen molar-refractivity contribution < 1.29 is 4.39 Å². The van der Waals surface area contributed by atoms with Crippen molar-refractivity contribution >= 4 is 11.4 Å². The van der Waals surface area contributed by atoms with Gasteiger partial charge in [0.25, 0.3) is 0 Å². The molecule has 0 aromatic heterocycles. The highest BCUT2D eigenvalue weighted by Gasteiger charge is 2.15. The summed E-state index contributed by atoms with van der Waals surface area (Å²) in [6, 6.07) is 12.9. The average Bonchev–Trinajstić information content (AvgIpc) is 2.43. The molecule has 2 aromatic rings. The summed E-state index contributed by atoms with van der Waals surface area (Å²) in [5.74, 6) is -0.249. The van der Waals surface area contributed by atoms with Crippen molar-refractivity contribution in [3.05, 3.63) is 59.4 Å². The van der Waals surface area contributed by atoms with Crippen molar-refractivity contribution in [3.8, 4) is 0 Å². The van der Waals surface area contributed by atoms with E-state index in [1.54, 1.807) is 6.07 Å². The second kappa shape index (κ2) is 6.06. The summed E-state index contributed by atoms with van der Waals surface area (Å²) >= 11 is 0. The van der Waals surface area contributed by atoms with Gasteiger partial charge in [0.1, 0.15) is 5.82 Å². The molecule has 1 unspecified atom stereocenters. The molecule has 0 fully saturated rings. The summed E-state index contributed by atoms with van der Waals surface area (Å²) in [4.78, 5) is 2.15. The number of aryl methyl sites for hydroxylation is 1. The van der Waals surface area contributed by atoms with E-state index < -0.39 is 0 Å². The second-order valence-corrected chi connectivity index (χ2v) is 5.07. The van der Waals surface area contributed by atoms with Crippen molar-refractivity contribution in [2.24, 2.45) is 5.73 Å². The SMILES string of the molecule is CCN(c1ccc(C)cc1)c1ccc(F)cc1C(C)N. The van der Waals surface area contributed by atoms with Crippen LogP contribution >= 0.6 is 0 Å². The van der Waals surface area contributed by atoms with Crippen LogP contribution in [0, 0.1) is 12.7 Å². The van der Waals surface area contributed by atoms with Crippen LogP contribution in [0.1, 0.15) is 31.0 Å². The molecule has 20 heavy (non-hydrogen) atoms. The summed E-state index contributed by atoms with van der Waals surface area (Å²) in [5, 5.41) is 0. The Morgan fingerprint density at radius 2 is 1.80 bits per heavy atom. The Balaban J connectivity index is 2.49. The quantitative estimate of drug-likeness (QED) is 0.898. The third-order valence-corrected chi connectivity index (χ3v) is 3.43. The van der Waals surface area contributed by atoms with E-state index in [0.29, 0.717) is 0 Å². The summed E-state index contributed by atoms with van der Waals surface area (Å²) in [6.07, 6.45) is 0. The van der Waals surface area contributed by atoms with E-state index >= 15 is 0 Å². The van der Waals surface area contributed by atoms with Crippen LogP contribution in [0.3, 0.4) is 0 Å². The first-order chi connectivity index (χ1) is 9.52. The molecule has 0 radical (unpaired) electrons. The van der Waals surface area contributed by atoms with Gasteiger partial charge >= 0.3 is 0 Å². The van der Waals surface area contributed by atoms with Crippen molar-refractivity contribution in [2.45, 2.75) is 26.8 Å². The molecule has 0 saturated carbocycles. The maximum atomic E-state index is 13.5. The lowest BCUT2D eigenvalue weighted by Gasteiger charge is -2.27. The van der Waals surface area contributed by atoms with E-state index in [2.05, 4.69) is 43.0 Å². The molecular weight excluding hydrogens is 251 g/mol. The van der Waals surface area contributed by atoms with Gasteiger partial charge in [-0.1, -0.05) is 17.7 Å². The molecule has 0 spiro atoms. The summed E-state index contributed by atoms with van der Waals surface area (Å²) < 4.78 is 13.5. The van der Waals surface area contributed by atoms with Crippen LogP contribution in [0.2, 0.25) is 0 Å². The fourth-order valence-electron chi connectivity index (χ4n) is 2.35. The molecule has 0 aliphatic carbocycles. The predicted octanol–water partition coefficient (Wildman–Crippen LogP) is 4.31. The molecule has 2 N–H and O–H groups in total. The first-order valence-electron chi connectivity index (χ1n) is 6.92. The molecule has 1 atom stereocenters. The molecule has 106 valence electrons. The van der Waals surface area contributed by atoms with Gasteiger partial charge < -0.3 is 10.6 Å². The zero-order valence-electron chi connectivity index (χ0n) is 12.2. The molecule has 0 aliphatic rings. The van der Waals surface area contributed by atoms with E-state index in [-0.39, 0.29) is 11.9 Å². The fourth-order valence-corrected chi connectivity index (χ4v) is 2.35. The van der Waals surface area contributed by atoms with Gasteiger partial charge in [-0.15, -0.1) is 0 Å². The predicted molar refractivity (Wildman–Crippen MR) is 82.9 cm³/mol. The number of benzene rings is 2. The van der Waals surface area contributed by atoms with Gasteiger partial charge in [-0.2, -0.15) is 0 Å². The Kier molecular flexibility index (Phi) is 4.40. The zero-order valence-corrected chi connectivity index (χ0v) is 12.2. The molecule has 0 aliphatic heterocycles. The van der Waals surface area contributed by atoms with Crippen molar-refractivity contribution in [2.75, 3.05) is 11.4 Å². The topological polar surface area (TPSA) is 29.3 Å². The standard InChI is InChI=1S/C17H21FN2/c1-4-20(15-8-5-12(2)6-9-15)17-10-7-14(18)11-16(17)13(3)19/h5-11,13H,4,19H2,1-3H3. The van der Waals surface area contributed by atoms with Crippen LogP contribution in [0.25, 0.3) is 0 Å². The number of hydrogen-bond acceptors (Lipinski definition) is 2. The van der Waals surface area contributed by atoms with E-state index in [0.717, 1.165) is 23.5 Å². The number of hydrogen-bond donors (Lipinski definition) is 1. The molecule has 3 heteroatoms. The largest absolute Gasteiger partial charge is 0.341 e. The Bertz CT molecular complexity index is 576. The maximum absolute atomic E-state index is 13.5. The number of nitrogens with zero attached hydrogens (tertiary/aromatic N) is 1. The van der Waals surface area contributed by atoms with Gasteiger partial charge in [0.15, 0.2) is 0 Å². The van der Waals surface area contributed by atoms with Crippen LogP contribution < -0.4 is 10.6 Å². The zero-order chi connectivity index (χ0) is 14.7. The number of anilines is 2. The van der Waals surface area contributed by atoms with Gasteiger partial charge in [-0.05, 0) is 56.7 Å². The number of nitrogens with two attached hydrogens (primary N) is 1. The van der Waals surface area contributed by atoms with E-state index in [4.69, 9.17) is 5.73 Å². The highest BCUT2D eigenvalue weighted by Crippen LogP contribution is 2.31. The van der Waals surface area contributed by atoms with Crippen molar-refractivity contribution in [1.29, 1.82) is 0 Å². The molecular formula is C17H21FN2. The van der Waals surface area contributed by atoms with Crippen LogP contribution in [-0.2, 0) is 0 Å². The fraction of sp³-hybridized carbons (Fsp3) is 0.294. The average molecular weight is 272 g/mol. The number of halogens is 1. The Labute approximate surface area is 120 Å². The third-order valence-electron chi connectivity index (χ3n) is 3.43. The lowest BCUT2D eigenvalue weighted by molar-refractivity contribution is 0.622. The molecule has 2 nitrogen and oxygen atoms in total. The normalized spacial score (nSPS) is 12.2. The lowest BCUT2D eigenvalue weighted by Crippen LogP contribution is -2.20. The van der Waals surface area contributed by atoms with Crippen LogP contribution in [0.5, 0.6) is 0 Å². The van der Waals surface area contributed by atoms with E-state index in [9.17, 15) is 4.39 Å². The third kappa shape index (κ3) is 2.99. The first-order valence-corrected chi connectivity index (χ1v) is 6.92. The lowest BCUT2D eigenvalue weighted by atomic mass is 10.0. The minimum absolute atomic E-state index is 0.208. The highest BCUT2D eigenvalue weighted by molar-refractivity contribution is 5.67. The van der Waals surface area contributed by atoms with Gasteiger partial charge in [-0.25, -0.2) is 4.39 Å². The number of rotatable bonds is 4. The highest BCUT2D eigenvalue weighted by atomic mass is 19.1. The van der Waals surface area contributed by atoms with E-state index in [1.165, 1.54) is 17.7 Å². The first kappa shape index (κ1) is 14.5. The minimum atomic E-state index is -0.249. The molecule has 0 amide bonds. The second-order valence-electron chi connectivity index (χ2n) is 5.07. The minimum Gasteiger partial charge on any atom is -0.341 e. The summed E-state index contributed by atoms with van der Waals surface area (Å²) in [7, 11) is 0. The van der Waals surface area contributed by atoms with Crippen molar-refractivity contribution in [3.63, 3.8) is 0 Å². The van der Waals surface area contributed by atoms with Crippen LogP contribution in [0.4, 0.5) is 15.8 Å². The Hall–Kier alpha value is -1.87. The van der Waals surface area contributed by atoms with Crippen LogP contribution in [0.15, 0.2) is 42.5 Å². The summed E-state index contributed by atoms with van der Waals surface area (Å²) in [5.41, 5.74) is 10.1. The molecule has 0 heterocycles. The van der Waals surface area contributed by atoms with Crippen LogP contribution in [-0.4, -0.2) is 6.54 Å².